The van der Waals surface area contributed by atoms with Crippen molar-refractivity contribution in [1.29, 1.82) is 0 Å². The second-order valence-electron chi connectivity index (χ2n) is 5.58. The highest BCUT2D eigenvalue weighted by molar-refractivity contribution is 5.86. The van der Waals surface area contributed by atoms with Gasteiger partial charge >= 0.3 is 6.18 Å². The molecule has 3 N–H and O–H groups in total. The molecule has 0 aliphatic carbocycles. The molecule has 2 aromatic rings. The normalized spacial score (nSPS) is 17.4. The number of halogens is 3. The van der Waals surface area contributed by atoms with Crippen molar-refractivity contribution >= 4 is 11.9 Å². The van der Waals surface area contributed by atoms with Gasteiger partial charge in [-0.05, 0) is 31.5 Å². The van der Waals surface area contributed by atoms with Crippen LogP contribution in [0.2, 0.25) is 0 Å². The van der Waals surface area contributed by atoms with Crippen molar-refractivity contribution in [2.45, 2.75) is 25.6 Å². The summed E-state index contributed by atoms with van der Waals surface area (Å²) in [6, 6.07) is 2.15. The third-order valence-electron chi connectivity index (χ3n) is 3.79. The highest BCUT2D eigenvalue weighted by Gasteiger charge is 2.31. The first-order valence-corrected chi connectivity index (χ1v) is 7.42. The zero-order valence-electron chi connectivity index (χ0n) is 13.1. The molecule has 1 aromatic carbocycles. The van der Waals surface area contributed by atoms with Crippen molar-refractivity contribution < 1.29 is 23.1 Å². The van der Waals surface area contributed by atoms with Crippen molar-refractivity contribution in [3.8, 4) is 17.0 Å². The van der Waals surface area contributed by atoms with Gasteiger partial charge in [0, 0.05) is 12.1 Å². The molecule has 10 heteroatoms. The van der Waals surface area contributed by atoms with Crippen LogP contribution < -0.4 is 10.6 Å². The molecule has 1 atom stereocenters. The van der Waals surface area contributed by atoms with Gasteiger partial charge in [-0.1, -0.05) is 0 Å². The summed E-state index contributed by atoms with van der Waals surface area (Å²) in [5, 5.41) is 23.2. The molecule has 0 spiro atoms. The van der Waals surface area contributed by atoms with E-state index in [4.69, 9.17) is 0 Å². The lowest BCUT2D eigenvalue weighted by Crippen LogP contribution is -2.30. The number of aryl methyl sites for hydroxylation is 1. The van der Waals surface area contributed by atoms with E-state index in [2.05, 4.69) is 25.8 Å². The predicted molar refractivity (Wildman–Crippen MR) is 81.7 cm³/mol. The first-order valence-electron chi connectivity index (χ1n) is 7.42. The largest absolute Gasteiger partial charge is 0.507 e. The fourth-order valence-corrected chi connectivity index (χ4v) is 2.51. The third-order valence-corrected chi connectivity index (χ3v) is 3.79. The topological polar surface area (TPSA) is 100 Å². The first kappa shape index (κ1) is 16.9. The van der Waals surface area contributed by atoms with Gasteiger partial charge in [0.05, 0.1) is 11.3 Å². The van der Waals surface area contributed by atoms with Gasteiger partial charge in [0.1, 0.15) is 17.5 Å². The Morgan fingerprint density at radius 3 is 2.64 bits per heavy atom. The number of hydrogen-bond donors (Lipinski definition) is 3. The lowest BCUT2D eigenvalue weighted by Gasteiger charge is -2.12. The number of benzene rings is 1. The number of carbonyl (C=O) groups excluding carboxylic acids is 1. The number of nitrogens with zero attached hydrogens (tertiary/aromatic N) is 3. The van der Waals surface area contributed by atoms with E-state index in [1.807, 2.05) is 0 Å². The summed E-state index contributed by atoms with van der Waals surface area (Å²) in [6.07, 6.45) is -3.96. The van der Waals surface area contributed by atoms with Crippen molar-refractivity contribution in [3.63, 3.8) is 0 Å². The summed E-state index contributed by atoms with van der Waals surface area (Å²) in [5.74, 6) is -0.592. The van der Waals surface area contributed by atoms with Crippen LogP contribution >= 0.6 is 0 Å². The van der Waals surface area contributed by atoms with Gasteiger partial charge in [-0.2, -0.15) is 13.2 Å². The van der Waals surface area contributed by atoms with Gasteiger partial charge in [0.15, 0.2) is 0 Å². The van der Waals surface area contributed by atoms with Crippen molar-refractivity contribution in [3.05, 3.63) is 29.5 Å². The Morgan fingerprint density at radius 1 is 1.32 bits per heavy atom. The van der Waals surface area contributed by atoms with Crippen LogP contribution in [-0.2, 0) is 11.0 Å². The number of rotatable bonds is 3. The lowest BCUT2D eigenvalue weighted by molar-refractivity contribution is -0.137. The van der Waals surface area contributed by atoms with Gasteiger partial charge in [0.25, 0.3) is 0 Å². The number of nitrogens with one attached hydrogen (secondary N) is 2. The molecule has 1 aliphatic heterocycles. The number of hydrogen-bond acceptors (Lipinski definition) is 6. The summed E-state index contributed by atoms with van der Waals surface area (Å²) in [7, 11) is 0. The molecule has 25 heavy (non-hydrogen) atoms. The van der Waals surface area contributed by atoms with Crippen LogP contribution in [0.3, 0.4) is 0 Å². The molecule has 2 heterocycles. The van der Waals surface area contributed by atoms with Crippen LogP contribution in [0, 0.1) is 6.92 Å². The molecule has 1 fully saturated rings. The van der Waals surface area contributed by atoms with E-state index in [0.29, 0.717) is 24.7 Å². The Morgan fingerprint density at radius 2 is 2.08 bits per heavy atom. The minimum absolute atomic E-state index is 0.0932. The highest BCUT2D eigenvalue weighted by atomic mass is 19.4. The summed E-state index contributed by atoms with van der Waals surface area (Å²) in [6.45, 7) is 2.14. The molecule has 0 saturated carbocycles. The summed E-state index contributed by atoms with van der Waals surface area (Å²) >= 11 is 0. The molecule has 3 rings (SSSR count). The maximum atomic E-state index is 12.7. The molecule has 132 valence electrons. The van der Waals surface area contributed by atoms with E-state index < -0.39 is 23.5 Å². The molecule has 1 aromatic heterocycles. The zero-order valence-corrected chi connectivity index (χ0v) is 13.1. The molecular formula is C15H14F3N5O2. The van der Waals surface area contributed by atoms with E-state index in [-0.39, 0.29) is 23.1 Å². The number of anilines is 1. The average molecular weight is 353 g/mol. The molecule has 1 saturated heterocycles. The van der Waals surface area contributed by atoms with Gasteiger partial charge in [0.2, 0.25) is 11.9 Å². The van der Waals surface area contributed by atoms with Crippen LogP contribution in [-0.4, -0.2) is 38.8 Å². The van der Waals surface area contributed by atoms with Crippen molar-refractivity contribution in [2.75, 3.05) is 11.9 Å². The maximum absolute atomic E-state index is 12.7. The smallest absolute Gasteiger partial charge is 0.416 e. The van der Waals surface area contributed by atoms with Crippen LogP contribution in [0.1, 0.15) is 17.7 Å². The molecule has 0 unspecified atom stereocenters. The number of aromatic hydroxyl groups is 1. The van der Waals surface area contributed by atoms with Gasteiger partial charge in [-0.3, -0.25) is 4.79 Å². The van der Waals surface area contributed by atoms with Gasteiger partial charge in [-0.25, -0.2) is 4.98 Å². The number of alkyl halides is 3. The first-order chi connectivity index (χ1) is 11.8. The van der Waals surface area contributed by atoms with Crippen LogP contribution in [0.25, 0.3) is 11.3 Å². The van der Waals surface area contributed by atoms with E-state index in [9.17, 15) is 23.1 Å². The SMILES string of the molecule is Cc1nc(N[C@@H]2CCNC2=O)nnc1-c1ccc(C(F)(F)F)cc1O. The number of carbonyl (C=O) groups is 1. The molecule has 0 bridgehead atoms. The summed E-state index contributed by atoms with van der Waals surface area (Å²) < 4.78 is 38.0. The van der Waals surface area contributed by atoms with Crippen LogP contribution in [0.5, 0.6) is 5.75 Å². The van der Waals surface area contributed by atoms with Crippen LogP contribution in [0.15, 0.2) is 18.2 Å². The van der Waals surface area contributed by atoms with Crippen molar-refractivity contribution in [2.24, 2.45) is 0 Å². The Bertz CT molecular complexity index is 825. The maximum Gasteiger partial charge on any atom is 0.416 e. The summed E-state index contributed by atoms with van der Waals surface area (Å²) in [4.78, 5) is 15.7. The van der Waals surface area contributed by atoms with E-state index >= 15 is 0 Å². The number of amides is 1. The number of phenols is 1. The monoisotopic (exact) mass is 353 g/mol. The van der Waals surface area contributed by atoms with E-state index in [0.717, 1.165) is 12.1 Å². The minimum Gasteiger partial charge on any atom is -0.507 e. The Balaban J connectivity index is 1.87. The van der Waals surface area contributed by atoms with Gasteiger partial charge < -0.3 is 15.7 Å². The molecular weight excluding hydrogens is 339 g/mol. The summed E-state index contributed by atoms with van der Waals surface area (Å²) in [5.41, 5.74) is -0.355. The fourth-order valence-electron chi connectivity index (χ4n) is 2.51. The molecule has 0 radical (unpaired) electrons. The average Bonchev–Trinajstić information content (AvgIpc) is 2.92. The highest BCUT2D eigenvalue weighted by Crippen LogP contribution is 2.36. The Hall–Kier alpha value is -2.91. The van der Waals surface area contributed by atoms with E-state index in [1.165, 1.54) is 0 Å². The molecule has 7 nitrogen and oxygen atoms in total. The predicted octanol–water partition coefficient (Wildman–Crippen LogP) is 1.87. The number of phenolic OH excluding ortho intramolecular Hbond substituents is 1. The van der Waals surface area contributed by atoms with Crippen LogP contribution in [0.4, 0.5) is 19.1 Å². The minimum atomic E-state index is -4.55. The fraction of sp³-hybridized carbons (Fsp3) is 0.333. The Kier molecular flexibility index (Phi) is 4.19. The second kappa shape index (κ2) is 6.19. The quantitative estimate of drug-likeness (QED) is 0.779. The zero-order chi connectivity index (χ0) is 18.2. The third kappa shape index (κ3) is 3.47. The standard InChI is InChI=1S/C15H14F3N5O2/c1-7-12(9-3-2-8(6-11(9)24)15(16,17)18)22-23-14(20-7)21-10-4-5-19-13(10)25/h2-3,6,10,24H,4-5H2,1H3,(H,19,25)(H,20,21,23)/t10-/m1/s1. The number of aromatic nitrogens is 3. The van der Waals surface area contributed by atoms with E-state index in [1.54, 1.807) is 6.92 Å². The van der Waals surface area contributed by atoms with Crippen molar-refractivity contribution in [1.82, 2.24) is 20.5 Å². The lowest BCUT2D eigenvalue weighted by atomic mass is 10.1. The van der Waals surface area contributed by atoms with Gasteiger partial charge in [-0.15, -0.1) is 10.2 Å². The Labute approximate surface area is 140 Å². The molecule has 1 amide bonds. The molecule has 1 aliphatic rings. The second-order valence-corrected chi connectivity index (χ2v) is 5.58.